The zero-order valence-electron chi connectivity index (χ0n) is 12.9. The highest BCUT2D eigenvalue weighted by Crippen LogP contribution is 2.36. The summed E-state index contributed by atoms with van der Waals surface area (Å²) in [7, 11) is 3.29. The molecule has 0 aliphatic heterocycles. The van der Waals surface area contributed by atoms with E-state index in [4.69, 9.17) is 0 Å². The number of aromatic amines is 1. The Kier molecular flexibility index (Phi) is 2.75. The Morgan fingerprint density at radius 3 is 2.52 bits per heavy atom. The molecule has 0 spiro atoms. The molecule has 3 aromatic rings. The van der Waals surface area contributed by atoms with E-state index < -0.39 is 0 Å². The van der Waals surface area contributed by atoms with Crippen LogP contribution in [0.4, 0.5) is 0 Å². The minimum absolute atomic E-state index is 0.0651. The first-order chi connectivity index (χ1) is 11.0. The third kappa shape index (κ3) is 1.93. The Bertz CT molecular complexity index is 1060. The molecule has 0 radical (unpaired) electrons. The van der Waals surface area contributed by atoms with Crippen LogP contribution in [0.15, 0.2) is 34.0 Å². The number of aromatic nitrogens is 4. The van der Waals surface area contributed by atoms with E-state index in [1.807, 2.05) is 0 Å². The van der Waals surface area contributed by atoms with E-state index >= 15 is 0 Å². The van der Waals surface area contributed by atoms with E-state index in [1.54, 1.807) is 41.4 Å². The number of fused-ring (bicyclic) bond motifs is 1. The van der Waals surface area contributed by atoms with Gasteiger partial charge in [0.15, 0.2) is 5.78 Å². The summed E-state index contributed by atoms with van der Waals surface area (Å²) in [6.45, 7) is 0. The van der Waals surface area contributed by atoms with Crippen LogP contribution in [0.2, 0.25) is 0 Å². The lowest BCUT2D eigenvalue weighted by atomic mass is 10.1. The summed E-state index contributed by atoms with van der Waals surface area (Å²) in [5, 5.41) is 2.70. The standard InChI is InChI=1S/C16H16N4O3/c1-18-12-6-3-9(14(21)11-8-17-19(2)15(11)22)7-13(12)20(16(18)23)10-4-5-10/h3,6-8,10,17H,4-5H2,1-2H3. The predicted octanol–water partition coefficient (Wildman–Crippen LogP) is 0.933. The van der Waals surface area contributed by atoms with E-state index in [-0.39, 0.29) is 28.6 Å². The number of nitrogens with one attached hydrogen (secondary N) is 1. The molecular formula is C16H16N4O3. The Morgan fingerprint density at radius 1 is 1.17 bits per heavy atom. The summed E-state index contributed by atoms with van der Waals surface area (Å²) in [5.41, 5.74) is 1.63. The van der Waals surface area contributed by atoms with Gasteiger partial charge in [0, 0.05) is 31.9 Å². The number of benzene rings is 1. The fraction of sp³-hybridized carbons (Fsp3) is 0.312. The summed E-state index contributed by atoms with van der Waals surface area (Å²) in [4.78, 5) is 36.9. The third-order valence-electron chi connectivity index (χ3n) is 4.45. The number of ketones is 1. The first-order valence-electron chi connectivity index (χ1n) is 7.49. The Hall–Kier alpha value is -2.83. The van der Waals surface area contributed by atoms with Crippen molar-refractivity contribution in [3.8, 4) is 0 Å². The van der Waals surface area contributed by atoms with Crippen molar-refractivity contribution >= 4 is 16.8 Å². The van der Waals surface area contributed by atoms with E-state index in [0.29, 0.717) is 5.56 Å². The summed E-state index contributed by atoms with van der Waals surface area (Å²) in [5.74, 6) is -0.340. The quantitative estimate of drug-likeness (QED) is 0.731. The van der Waals surface area contributed by atoms with Gasteiger partial charge in [0.2, 0.25) is 0 Å². The molecule has 1 fully saturated rings. The van der Waals surface area contributed by atoms with Gasteiger partial charge in [-0.1, -0.05) is 0 Å². The highest BCUT2D eigenvalue weighted by atomic mass is 16.2. The van der Waals surface area contributed by atoms with Crippen LogP contribution in [0.5, 0.6) is 0 Å². The molecule has 23 heavy (non-hydrogen) atoms. The maximum atomic E-state index is 12.6. The van der Waals surface area contributed by atoms with Crippen LogP contribution in [-0.4, -0.2) is 24.7 Å². The Morgan fingerprint density at radius 2 is 1.91 bits per heavy atom. The van der Waals surface area contributed by atoms with Crippen LogP contribution < -0.4 is 11.2 Å². The van der Waals surface area contributed by atoms with Gasteiger partial charge < -0.3 is 5.10 Å². The second-order valence-electron chi connectivity index (χ2n) is 6.03. The van der Waals surface area contributed by atoms with Crippen LogP contribution >= 0.6 is 0 Å². The molecule has 2 heterocycles. The number of hydrogen-bond donors (Lipinski definition) is 1. The van der Waals surface area contributed by atoms with Crippen LogP contribution in [0.1, 0.15) is 34.8 Å². The molecule has 1 saturated carbocycles. The maximum absolute atomic E-state index is 12.6. The zero-order valence-corrected chi connectivity index (χ0v) is 12.9. The van der Waals surface area contributed by atoms with E-state index in [1.165, 1.54) is 10.9 Å². The SMILES string of the molecule is Cn1[nH]cc(C(=O)c2ccc3c(c2)n(C2CC2)c(=O)n3C)c1=O. The van der Waals surface area contributed by atoms with Crippen LogP contribution in [0.25, 0.3) is 11.0 Å². The minimum Gasteiger partial charge on any atom is -0.302 e. The molecule has 1 aliphatic rings. The third-order valence-corrected chi connectivity index (χ3v) is 4.45. The number of imidazole rings is 1. The fourth-order valence-corrected chi connectivity index (χ4v) is 2.98. The molecule has 4 rings (SSSR count). The largest absolute Gasteiger partial charge is 0.329 e. The molecule has 0 unspecified atom stereocenters. The molecule has 0 bridgehead atoms. The normalized spacial score (nSPS) is 14.5. The lowest BCUT2D eigenvalue weighted by Gasteiger charge is -2.02. The van der Waals surface area contributed by atoms with Gasteiger partial charge in [-0.05, 0) is 31.0 Å². The van der Waals surface area contributed by atoms with Crippen molar-refractivity contribution in [3.63, 3.8) is 0 Å². The minimum atomic E-state index is -0.359. The molecule has 118 valence electrons. The number of nitrogens with zero attached hydrogens (tertiary/aromatic N) is 3. The van der Waals surface area contributed by atoms with Gasteiger partial charge in [-0.2, -0.15) is 0 Å². The van der Waals surface area contributed by atoms with Crippen LogP contribution in [0.3, 0.4) is 0 Å². The number of H-pyrrole nitrogens is 1. The number of carbonyl (C=O) groups excluding carboxylic acids is 1. The maximum Gasteiger partial charge on any atom is 0.329 e. The zero-order chi connectivity index (χ0) is 16.3. The highest BCUT2D eigenvalue weighted by molar-refractivity contribution is 6.10. The average Bonchev–Trinajstić information content (AvgIpc) is 3.28. The predicted molar refractivity (Wildman–Crippen MR) is 84.9 cm³/mol. The van der Waals surface area contributed by atoms with Crippen molar-refractivity contribution in [1.82, 2.24) is 18.9 Å². The Labute approximate surface area is 130 Å². The van der Waals surface area contributed by atoms with Gasteiger partial charge in [-0.3, -0.25) is 23.4 Å². The van der Waals surface area contributed by atoms with Crippen molar-refractivity contribution in [1.29, 1.82) is 0 Å². The van der Waals surface area contributed by atoms with Gasteiger partial charge >= 0.3 is 5.69 Å². The lowest BCUT2D eigenvalue weighted by molar-refractivity contribution is 0.103. The molecule has 7 heteroatoms. The highest BCUT2D eigenvalue weighted by Gasteiger charge is 2.28. The smallest absolute Gasteiger partial charge is 0.302 e. The molecule has 7 nitrogen and oxygen atoms in total. The summed E-state index contributed by atoms with van der Waals surface area (Å²) in [6.07, 6.45) is 3.37. The van der Waals surface area contributed by atoms with Crippen molar-refractivity contribution in [2.45, 2.75) is 18.9 Å². The summed E-state index contributed by atoms with van der Waals surface area (Å²) in [6, 6.07) is 5.36. The Balaban J connectivity index is 1.90. The van der Waals surface area contributed by atoms with Gasteiger partial charge in [-0.25, -0.2) is 4.79 Å². The van der Waals surface area contributed by atoms with E-state index in [2.05, 4.69) is 5.10 Å². The molecular weight excluding hydrogens is 296 g/mol. The van der Waals surface area contributed by atoms with Crippen LogP contribution in [-0.2, 0) is 14.1 Å². The number of rotatable bonds is 3. The summed E-state index contributed by atoms with van der Waals surface area (Å²) >= 11 is 0. The second-order valence-corrected chi connectivity index (χ2v) is 6.03. The molecule has 1 N–H and O–H groups in total. The molecule has 1 aliphatic carbocycles. The van der Waals surface area contributed by atoms with Gasteiger partial charge in [0.1, 0.15) is 5.56 Å². The van der Waals surface area contributed by atoms with Crippen LogP contribution in [0, 0.1) is 0 Å². The molecule has 0 amide bonds. The van der Waals surface area contributed by atoms with Crippen molar-refractivity contribution < 1.29 is 4.79 Å². The molecule has 2 aromatic heterocycles. The van der Waals surface area contributed by atoms with Crippen molar-refractivity contribution in [2.24, 2.45) is 14.1 Å². The van der Waals surface area contributed by atoms with Gasteiger partial charge in [0.05, 0.1) is 11.0 Å². The number of aryl methyl sites for hydroxylation is 2. The number of hydrogen-bond acceptors (Lipinski definition) is 3. The van der Waals surface area contributed by atoms with Gasteiger partial charge in [-0.15, -0.1) is 0 Å². The molecule has 0 atom stereocenters. The first kappa shape index (κ1) is 13.8. The molecule has 1 aromatic carbocycles. The topological polar surface area (TPSA) is 81.8 Å². The van der Waals surface area contributed by atoms with E-state index in [0.717, 1.165) is 23.9 Å². The average molecular weight is 312 g/mol. The van der Waals surface area contributed by atoms with Gasteiger partial charge in [0.25, 0.3) is 5.56 Å². The van der Waals surface area contributed by atoms with Crippen molar-refractivity contribution in [3.05, 3.63) is 56.4 Å². The first-order valence-corrected chi connectivity index (χ1v) is 7.49. The number of carbonyl (C=O) groups is 1. The second kappa shape index (κ2) is 4.58. The molecule has 0 saturated heterocycles. The van der Waals surface area contributed by atoms with E-state index in [9.17, 15) is 14.4 Å². The monoisotopic (exact) mass is 312 g/mol. The summed E-state index contributed by atoms with van der Waals surface area (Å²) < 4.78 is 4.60. The lowest BCUT2D eigenvalue weighted by Crippen LogP contribution is -2.21. The van der Waals surface area contributed by atoms with Crippen molar-refractivity contribution in [2.75, 3.05) is 0 Å². The fourth-order valence-electron chi connectivity index (χ4n) is 2.98.